The number of halogens is 3. The molecule has 1 aromatic carbocycles. The fraction of sp³-hybridized carbons (Fsp3) is 0.273. The topological polar surface area (TPSA) is 35.0 Å². The number of aromatic nitrogens is 2. The number of alkyl halides is 3. The van der Waals surface area contributed by atoms with Gasteiger partial charge in [0.05, 0.1) is 17.6 Å². The Morgan fingerprint density at radius 3 is 2.24 bits per heavy atom. The van der Waals surface area contributed by atoms with Gasteiger partial charge in [0.15, 0.2) is 0 Å². The zero-order valence-electron chi connectivity index (χ0n) is 8.95. The van der Waals surface area contributed by atoms with Crippen LogP contribution in [-0.2, 0) is 6.18 Å². The highest BCUT2D eigenvalue weighted by atomic mass is 19.4. The highest BCUT2D eigenvalue weighted by molar-refractivity contribution is 5.74. The van der Waals surface area contributed by atoms with Crippen LogP contribution in [0.5, 0.6) is 5.88 Å². The molecule has 0 atom stereocenters. The first-order valence-corrected chi connectivity index (χ1v) is 4.99. The molecular weight excluding hydrogens is 233 g/mol. The average Bonchev–Trinajstić information content (AvgIpc) is 2.27. The van der Waals surface area contributed by atoms with Gasteiger partial charge in [0.2, 0.25) is 11.6 Å². The number of fused-ring (bicyclic) bond motifs is 1. The van der Waals surface area contributed by atoms with Crippen molar-refractivity contribution in [2.45, 2.75) is 13.1 Å². The van der Waals surface area contributed by atoms with Gasteiger partial charge in [0.25, 0.3) is 0 Å². The van der Waals surface area contributed by atoms with Gasteiger partial charge in [0.1, 0.15) is 0 Å². The van der Waals surface area contributed by atoms with E-state index in [1.54, 1.807) is 25.1 Å². The minimum Gasteiger partial charge on any atom is -0.476 e. The molecular formula is C11H9F3N2O. The SMILES string of the molecule is CCOc1nc2ccccc2nc1C(F)(F)F. The van der Waals surface area contributed by atoms with Gasteiger partial charge in [-0.25, -0.2) is 9.97 Å². The van der Waals surface area contributed by atoms with E-state index in [2.05, 4.69) is 9.97 Å². The maximum absolute atomic E-state index is 12.7. The molecule has 0 aliphatic rings. The molecule has 3 nitrogen and oxygen atoms in total. The van der Waals surface area contributed by atoms with Gasteiger partial charge in [0, 0.05) is 0 Å². The maximum atomic E-state index is 12.7. The molecule has 0 fully saturated rings. The monoisotopic (exact) mass is 242 g/mol. The van der Waals surface area contributed by atoms with Gasteiger partial charge in [-0.2, -0.15) is 13.2 Å². The predicted octanol–water partition coefficient (Wildman–Crippen LogP) is 3.05. The van der Waals surface area contributed by atoms with Crippen molar-refractivity contribution in [3.63, 3.8) is 0 Å². The van der Waals surface area contributed by atoms with Gasteiger partial charge in [-0.15, -0.1) is 0 Å². The molecule has 90 valence electrons. The van der Waals surface area contributed by atoms with Crippen molar-refractivity contribution in [3.8, 4) is 5.88 Å². The highest BCUT2D eigenvalue weighted by Crippen LogP contribution is 2.34. The number of para-hydroxylation sites is 2. The van der Waals surface area contributed by atoms with Gasteiger partial charge in [-0.1, -0.05) is 12.1 Å². The summed E-state index contributed by atoms with van der Waals surface area (Å²) in [6.07, 6.45) is -4.57. The first-order valence-electron chi connectivity index (χ1n) is 4.99. The minimum atomic E-state index is -4.57. The van der Waals surface area contributed by atoms with Crippen LogP contribution in [0.25, 0.3) is 11.0 Å². The molecule has 2 rings (SSSR count). The summed E-state index contributed by atoms with van der Waals surface area (Å²) in [7, 11) is 0. The quantitative estimate of drug-likeness (QED) is 0.811. The van der Waals surface area contributed by atoms with Crippen molar-refractivity contribution in [2.75, 3.05) is 6.61 Å². The number of ether oxygens (including phenoxy) is 1. The molecule has 0 aliphatic carbocycles. The summed E-state index contributed by atoms with van der Waals surface area (Å²) in [5.74, 6) is -0.473. The van der Waals surface area contributed by atoms with Gasteiger partial charge >= 0.3 is 6.18 Å². The molecule has 0 radical (unpaired) electrons. The van der Waals surface area contributed by atoms with Crippen LogP contribution in [0.3, 0.4) is 0 Å². The molecule has 2 aromatic rings. The van der Waals surface area contributed by atoms with Crippen molar-refractivity contribution >= 4 is 11.0 Å². The standard InChI is InChI=1S/C11H9F3N2O/c1-2-17-10-9(11(12,13)14)15-7-5-3-4-6-8(7)16-10/h3-6H,2H2,1H3. The summed E-state index contributed by atoms with van der Waals surface area (Å²) in [5.41, 5.74) is -0.509. The van der Waals surface area contributed by atoms with E-state index in [0.29, 0.717) is 5.52 Å². The normalized spacial score (nSPS) is 11.8. The zero-order chi connectivity index (χ0) is 12.5. The fourth-order valence-corrected chi connectivity index (χ4v) is 1.41. The first kappa shape index (κ1) is 11.6. The second-order valence-corrected chi connectivity index (χ2v) is 3.30. The molecule has 0 amide bonds. The minimum absolute atomic E-state index is 0.107. The van der Waals surface area contributed by atoms with Crippen LogP contribution in [0.15, 0.2) is 24.3 Å². The number of benzene rings is 1. The van der Waals surface area contributed by atoms with E-state index >= 15 is 0 Å². The van der Waals surface area contributed by atoms with E-state index in [-0.39, 0.29) is 12.1 Å². The number of nitrogens with zero attached hydrogens (tertiary/aromatic N) is 2. The van der Waals surface area contributed by atoms with E-state index in [1.807, 2.05) is 0 Å². The summed E-state index contributed by atoms with van der Waals surface area (Å²) in [4.78, 5) is 7.38. The molecule has 0 saturated heterocycles. The third-order valence-corrected chi connectivity index (χ3v) is 2.09. The van der Waals surface area contributed by atoms with Crippen molar-refractivity contribution < 1.29 is 17.9 Å². The smallest absolute Gasteiger partial charge is 0.438 e. The Bertz CT molecular complexity index is 540. The van der Waals surface area contributed by atoms with E-state index in [4.69, 9.17) is 4.74 Å². The Kier molecular flexibility index (Phi) is 2.87. The van der Waals surface area contributed by atoms with E-state index < -0.39 is 17.8 Å². The molecule has 6 heteroatoms. The third kappa shape index (κ3) is 2.30. The Morgan fingerprint density at radius 1 is 1.12 bits per heavy atom. The fourth-order valence-electron chi connectivity index (χ4n) is 1.41. The lowest BCUT2D eigenvalue weighted by molar-refractivity contribution is -0.142. The molecule has 1 aromatic heterocycles. The molecule has 17 heavy (non-hydrogen) atoms. The van der Waals surface area contributed by atoms with Crippen molar-refractivity contribution in [1.82, 2.24) is 9.97 Å². The lowest BCUT2D eigenvalue weighted by Crippen LogP contribution is -2.13. The van der Waals surface area contributed by atoms with Crippen LogP contribution < -0.4 is 4.74 Å². The van der Waals surface area contributed by atoms with Crippen molar-refractivity contribution in [3.05, 3.63) is 30.0 Å². The second-order valence-electron chi connectivity index (χ2n) is 3.30. The van der Waals surface area contributed by atoms with E-state index in [1.165, 1.54) is 6.07 Å². The second kappa shape index (κ2) is 4.20. The Hall–Kier alpha value is -1.85. The lowest BCUT2D eigenvalue weighted by atomic mass is 10.3. The van der Waals surface area contributed by atoms with Crippen LogP contribution in [0.4, 0.5) is 13.2 Å². The number of hydrogen-bond donors (Lipinski definition) is 0. The highest BCUT2D eigenvalue weighted by Gasteiger charge is 2.37. The molecule has 0 saturated carbocycles. The average molecular weight is 242 g/mol. The number of rotatable bonds is 2. The molecule has 0 aliphatic heterocycles. The van der Waals surface area contributed by atoms with Gasteiger partial charge in [-0.05, 0) is 19.1 Å². The Labute approximate surface area is 95.3 Å². The van der Waals surface area contributed by atoms with Crippen molar-refractivity contribution in [1.29, 1.82) is 0 Å². The molecule has 0 spiro atoms. The molecule has 1 heterocycles. The zero-order valence-corrected chi connectivity index (χ0v) is 8.95. The van der Waals surface area contributed by atoms with Gasteiger partial charge < -0.3 is 4.74 Å². The Morgan fingerprint density at radius 2 is 1.71 bits per heavy atom. The molecule has 0 bridgehead atoms. The summed E-state index contributed by atoms with van der Waals surface area (Å²) in [5, 5.41) is 0. The van der Waals surface area contributed by atoms with Crippen LogP contribution in [0.1, 0.15) is 12.6 Å². The van der Waals surface area contributed by atoms with Crippen LogP contribution >= 0.6 is 0 Å². The summed E-state index contributed by atoms with van der Waals surface area (Å²) >= 11 is 0. The Balaban J connectivity index is 2.66. The van der Waals surface area contributed by atoms with E-state index in [9.17, 15) is 13.2 Å². The largest absolute Gasteiger partial charge is 0.476 e. The van der Waals surface area contributed by atoms with Crippen LogP contribution in [0, 0.1) is 0 Å². The number of hydrogen-bond acceptors (Lipinski definition) is 3. The summed E-state index contributed by atoms with van der Waals surface area (Å²) in [6.45, 7) is 1.70. The van der Waals surface area contributed by atoms with Gasteiger partial charge in [-0.3, -0.25) is 0 Å². The molecule has 0 unspecified atom stereocenters. The maximum Gasteiger partial charge on any atom is 0.438 e. The summed E-state index contributed by atoms with van der Waals surface area (Å²) in [6, 6.07) is 6.36. The van der Waals surface area contributed by atoms with Crippen LogP contribution in [-0.4, -0.2) is 16.6 Å². The lowest BCUT2D eigenvalue weighted by Gasteiger charge is -2.11. The first-order chi connectivity index (χ1) is 8.02. The van der Waals surface area contributed by atoms with Crippen molar-refractivity contribution in [2.24, 2.45) is 0 Å². The molecule has 0 N–H and O–H groups in total. The van der Waals surface area contributed by atoms with Crippen LogP contribution in [0.2, 0.25) is 0 Å². The third-order valence-electron chi connectivity index (χ3n) is 2.09. The van der Waals surface area contributed by atoms with E-state index in [0.717, 1.165) is 0 Å². The summed E-state index contributed by atoms with van der Waals surface area (Å²) < 4.78 is 43.0. The predicted molar refractivity (Wildman–Crippen MR) is 55.7 cm³/mol.